The predicted octanol–water partition coefficient (Wildman–Crippen LogP) is 1.70. The fourth-order valence-electron chi connectivity index (χ4n) is 2.06. The van der Waals surface area contributed by atoms with E-state index in [0.717, 1.165) is 12.1 Å². The topological polar surface area (TPSA) is 89.5 Å². The zero-order valence-corrected chi connectivity index (χ0v) is 10.6. The number of carbonyl (C=O) groups excluding carboxylic acids is 1. The van der Waals surface area contributed by atoms with E-state index >= 15 is 0 Å². The molecule has 1 saturated heterocycles. The van der Waals surface area contributed by atoms with E-state index in [1.165, 1.54) is 4.90 Å². The van der Waals surface area contributed by atoms with Crippen LogP contribution in [0.2, 0.25) is 5.02 Å². The molecule has 2 rings (SSSR count). The Bertz CT molecular complexity index is 552. The van der Waals surface area contributed by atoms with Crippen molar-refractivity contribution in [1.29, 1.82) is 0 Å². The predicted molar refractivity (Wildman–Crippen MR) is 67.6 cm³/mol. The summed E-state index contributed by atoms with van der Waals surface area (Å²) in [4.78, 5) is 23.3. The lowest BCUT2D eigenvalue weighted by molar-refractivity contribution is -0.384. The number of nitro benzene ring substituents is 1. The van der Waals surface area contributed by atoms with Crippen molar-refractivity contribution < 1.29 is 14.1 Å². The Kier molecular flexibility index (Phi) is 3.68. The van der Waals surface area contributed by atoms with Gasteiger partial charge in [0.2, 0.25) is 5.91 Å². The van der Waals surface area contributed by atoms with Gasteiger partial charge in [-0.25, -0.2) is 4.39 Å². The van der Waals surface area contributed by atoms with E-state index in [9.17, 15) is 19.3 Å². The van der Waals surface area contributed by atoms with Crippen LogP contribution >= 0.6 is 11.6 Å². The molecule has 1 aliphatic rings. The molecule has 0 bridgehead atoms. The third-order valence-electron chi connectivity index (χ3n) is 3.04. The third kappa shape index (κ3) is 2.52. The van der Waals surface area contributed by atoms with Crippen LogP contribution in [-0.4, -0.2) is 23.9 Å². The monoisotopic (exact) mass is 287 g/mol. The zero-order valence-electron chi connectivity index (χ0n) is 9.81. The number of anilines is 1. The molecule has 1 aromatic carbocycles. The Balaban J connectivity index is 2.47. The Labute approximate surface area is 113 Å². The average Bonchev–Trinajstić information content (AvgIpc) is 2.73. The second-order valence-corrected chi connectivity index (χ2v) is 4.73. The van der Waals surface area contributed by atoms with Crippen molar-refractivity contribution in [2.45, 2.75) is 6.42 Å². The van der Waals surface area contributed by atoms with Crippen LogP contribution in [0.5, 0.6) is 0 Å². The van der Waals surface area contributed by atoms with Crippen molar-refractivity contribution in [2.24, 2.45) is 11.7 Å². The van der Waals surface area contributed by atoms with Gasteiger partial charge in [0.25, 0.3) is 5.69 Å². The molecule has 0 aliphatic carbocycles. The quantitative estimate of drug-likeness (QED) is 0.677. The van der Waals surface area contributed by atoms with Crippen molar-refractivity contribution in [2.75, 3.05) is 18.0 Å². The molecular weight excluding hydrogens is 277 g/mol. The second-order valence-electron chi connectivity index (χ2n) is 4.32. The Morgan fingerprint density at radius 3 is 2.79 bits per heavy atom. The van der Waals surface area contributed by atoms with Gasteiger partial charge in [-0.15, -0.1) is 0 Å². The van der Waals surface area contributed by atoms with Crippen LogP contribution in [0.4, 0.5) is 15.8 Å². The van der Waals surface area contributed by atoms with Gasteiger partial charge in [-0.1, -0.05) is 11.6 Å². The molecule has 1 amide bonds. The number of carbonyl (C=O) groups is 1. The highest BCUT2D eigenvalue weighted by Gasteiger charge is 2.34. The summed E-state index contributed by atoms with van der Waals surface area (Å²) in [5.74, 6) is -1.23. The SMILES string of the molecule is NCC1CC(=O)N(c2cc(Cl)c(F)cc2[N+](=O)[O-])C1. The van der Waals surface area contributed by atoms with Crippen molar-refractivity contribution in [3.8, 4) is 0 Å². The highest BCUT2D eigenvalue weighted by Crippen LogP contribution is 2.36. The largest absolute Gasteiger partial charge is 0.330 e. The van der Waals surface area contributed by atoms with E-state index in [1.54, 1.807) is 0 Å². The van der Waals surface area contributed by atoms with Gasteiger partial charge in [0.1, 0.15) is 11.5 Å². The number of amides is 1. The molecule has 0 saturated carbocycles. The van der Waals surface area contributed by atoms with Gasteiger partial charge in [-0.2, -0.15) is 0 Å². The maximum atomic E-state index is 13.3. The van der Waals surface area contributed by atoms with Crippen LogP contribution in [-0.2, 0) is 4.79 Å². The summed E-state index contributed by atoms with van der Waals surface area (Å²) in [6, 6.07) is 1.83. The molecule has 0 radical (unpaired) electrons. The summed E-state index contributed by atoms with van der Waals surface area (Å²) >= 11 is 5.63. The fraction of sp³-hybridized carbons (Fsp3) is 0.364. The normalized spacial score (nSPS) is 19.0. The molecule has 1 aromatic rings. The first kappa shape index (κ1) is 13.7. The minimum Gasteiger partial charge on any atom is -0.330 e. The standard InChI is InChI=1S/C11H11ClFN3O3/c12-7-2-9(10(16(18)19)3-8(7)13)15-5-6(4-14)1-11(15)17/h2-3,6H,1,4-5,14H2. The number of benzene rings is 1. The summed E-state index contributed by atoms with van der Waals surface area (Å²) in [6.07, 6.45) is 0.225. The Morgan fingerprint density at radius 1 is 1.58 bits per heavy atom. The average molecular weight is 288 g/mol. The molecular formula is C11H11ClFN3O3. The number of halogens is 2. The lowest BCUT2D eigenvalue weighted by Crippen LogP contribution is -2.26. The molecule has 6 nitrogen and oxygen atoms in total. The number of nitrogens with two attached hydrogens (primary N) is 1. The Morgan fingerprint density at radius 2 is 2.26 bits per heavy atom. The number of nitro groups is 1. The van der Waals surface area contributed by atoms with Gasteiger partial charge in [-0.3, -0.25) is 14.9 Å². The summed E-state index contributed by atoms with van der Waals surface area (Å²) in [7, 11) is 0. The molecule has 19 heavy (non-hydrogen) atoms. The molecule has 0 aromatic heterocycles. The lowest BCUT2D eigenvalue weighted by atomic mass is 10.1. The van der Waals surface area contributed by atoms with Crippen LogP contribution in [0.1, 0.15) is 6.42 Å². The maximum absolute atomic E-state index is 13.3. The molecule has 1 aliphatic heterocycles. The smallest absolute Gasteiger partial charge is 0.295 e. The molecule has 102 valence electrons. The van der Waals surface area contributed by atoms with Crippen LogP contribution in [0.3, 0.4) is 0 Å². The van der Waals surface area contributed by atoms with Gasteiger partial charge in [0, 0.05) is 13.0 Å². The number of hydrogen-bond donors (Lipinski definition) is 1. The van der Waals surface area contributed by atoms with Gasteiger partial charge in [0.05, 0.1) is 16.0 Å². The highest BCUT2D eigenvalue weighted by atomic mass is 35.5. The van der Waals surface area contributed by atoms with Gasteiger partial charge < -0.3 is 10.6 Å². The Hall–Kier alpha value is -1.73. The first-order valence-electron chi connectivity index (χ1n) is 5.58. The number of rotatable bonds is 3. The molecule has 1 fully saturated rings. The number of hydrogen-bond acceptors (Lipinski definition) is 4. The molecule has 2 N–H and O–H groups in total. The zero-order chi connectivity index (χ0) is 14.2. The van der Waals surface area contributed by atoms with Gasteiger partial charge in [0.15, 0.2) is 0 Å². The molecule has 1 heterocycles. The third-order valence-corrected chi connectivity index (χ3v) is 3.33. The number of nitrogens with zero attached hydrogens (tertiary/aromatic N) is 2. The van der Waals surface area contributed by atoms with E-state index in [1.807, 2.05) is 0 Å². The van der Waals surface area contributed by atoms with Crippen LogP contribution in [0, 0.1) is 21.8 Å². The molecule has 8 heteroatoms. The fourth-order valence-corrected chi connectivity index (χ4v) is 2.22. The van der Waals surface area contributed by atoms with Crippen molar-refractivity contribution >= 4 is 28.9 Å². The van der Waals surface area contributed by atoms with E-state index in [0.29, 0.717) is 6.54 Å². The van der Waals surface area contributed by atoms with Crippen LogP contribution in [0.25, 0.3) is 0 Å². The minimum atomic E-state index is -0.890. The maximum Gasteiger partial charge on any atom is 0.295 e. The second kappa shape index (κ2) is 5.10. The van der Waals surface area contributed by atoms with Gasteiger partial charge >= 0.3 is 0 Å². The van der Waals surface area contributed by atoms with E-state index in [4.69, 9.17) is 17.3 Å². The van der Waals surface area contributed by atoms with Crippen LogP contribution < -0.4 is 10.6 Å². The first-order valence-corrected chi connectivity index (χ1v) is 5.95. The van der Waals surface area contributed by atoms with Crippen molar-refractivity contribution in [3.05, 3.63) is 33.1 Å². The summed E-state index contributed by atoms with van der Waals surface area (Å²) in [5, 5.41) is 10.7. The summed E-state index contributed by atoms with van der Waals surface area (Å²) < 4.78 is 13.3. The van der Waals surface area contributed by atoms with E-state index in [2.05, 4.69) is 0 Å². The van der Waals surface area contributed by atoms with E-state index in [-0.39, 0.29) is 35.5 Å². The first-order chi connectivity index (χ1) is 8.93. The molecule has 1 atom stereocenters. The van der Waals surface area contributed by atoms with Gasteiger partial charge in [-0.05, 0) is 18.5 Å². The molecule has 1 unspecified atom stereocenters. The highest BCUT2D eigenvalue weighted by molar-refractivity contribution is 6.31. The minimum absolute atomic E-state index is 0.0114. The van der Waals surface area contributed by atoms with Crippen molar-refractivity contribution in [3.63, 3.8) is 0 Å². The molecule has 0 spiro atoms. The van der Waals surface area contributed by atoms with E-state index < -0.39 is 16.4 Å². The van der Waals surface area contributed by atoms with Crippen LogP contribution in [0.15, 0.2) is 12.1 Å². The van der Waals surface area contributed by atoms with Crippen molar-refractivity contribution in [1.82, 2.24) is 0 Å². The summed E-state index contributed by atoms with van der Waals surface area (Å²) in [5.41, 5.74) is 5.02. The lowest BCUT2D eigenvalue weighted by Gasteiger charge is -2.17. The summed E-state index contributed by atoms with van der Waals surface area (Å²) in [6.45, 7) is 0.586.